The summed E-state index contributed by atoms with van der Waals surface area (Å²) in [5.74, 6) is -3.21. The van der Waals surface area contributed by atoms with E-state index in [4.69, 9.17) is 0 Å². The lowest BCUT2D eigenvalue weighted by Gasteiger charge is -2.38. The molecule has 2 aliphatic heterocycles. The maximum absolute atomic E-state index is 15.2. The Morgan fingerprint density at radius 2 is 1.88 bits per heavy atom. The molecule has 1 aromatic heterocycles. The number of carboxylic acid groups (broad SMARTS) is 1. The summed E-state index contributed by atoms with van der Waals surface area (Å²) in [5, 5.41) is 12.9. The summed E-state index contributed by atoms with van der Waals surface area (Å²) in [7, 11) is 0. The van der Waals surface area contributed by atoms with E-state index >= 15 is 4.39 Å². The van der Waals surface area contributed by atoms with Crippen LogP contribution >= 0.6 is 11.3 Å². The van der Waals surface area contributed by atoms with Crippen molar-refractivity contribution in [2.45, 2.75) is 25.4 Å². The maximum Gasteiger partial charge on any atom is 0.316 e. The molecule has 1 atom stereocenters. The minimum absolute atomic E-state index is 0.166. The van der Waals surface area contributed by atoms with Gasteiger partial charge in [-0.05, 0) is 47.4 Å². The van der Waals surface area contributed by atoms with Crippen LogP contribution in [-0.2, 0) is 11.3 Å². The van der Waals surface area contributed by atoms with Crippen LogP contribution < -0.4 is 9.80 Å². The number of hydrogen-bond donors (Lipinski definition) is 1. The predicted octanol–water partition coefficient (Wildman–Crippen LogP) is 4.23. The second-order valence-corrected chi connectivity index (χ2v) is 10.4. The fourth-order valence-corrected chi connectivity index (χ4v) is 6.19. The molecule has 1 saturated carbocycles. The van der Waals surface area contributed by atoms with Gasteiger partial charge in [-0.1, -0.05) is 18.2 Å². The minimum atomic E-state index is -1.14. The van der Waals surface area contributed by atoms with Gasteiger partial charge in [0.2, 0.25) is 0 Å². The molecule has 8 heteroatoms. The molecule has 1 N–H and O–H groups in total. The van der Waals surface area contributed by atoms with Crippen molar-refractivity contribution in [2.75, 3.05) is 42.5 Å². The maximum atomic E-state index is 15.2. The van der Waals surface area contributed by atoms with Crippen molar-refractivity contribution in [3.8, 4) is 0 Å². The highest BCUT2D eigenvalue weighted by molar-refractivity contribution is 7.17. The largest absolute Gasteiger partial charge is 0.481 e. The van der Waals surface area contributed by atoms with E-state index < -0.39 is 23.5 Å². The van der Waals surface area contributed by atoms with Crippen LogP contribution in [0.3, 0.4) is 0 Å². The summed E-state index contributed by atoms with van der Waals surface area (Å²) >= 11 is 1.77. The monoisotopic (exact) mass is 479 g/mol. The fraction of sp³-hybridized carbons (Fsp3) is 0.385. The van der Waals surface area contributed by atoms with E-state index in [9.17, 15) is 14.7 Å². The third-order valence-corrected chi connectivity index (χ3v) is 8.29. The Balaban J connectivity index is 1.21. The molecule has 1 unspecified atom stereocenters. The standard InChI is InChI=1S/C26H26FN3O3S/c27-21-12-19-22(30(18-4-5-18)15-20(24(19)31)26(32)33)13-23(21)29-9-7-28(8-10-29)14-17-3-1-2-16-6-11-34-25(16)17/h1-3,6,11-13,18,20H,4-5,7-10,14-15H2,(H,32,33). The lowest BCUT2D eigenvalue weighted by molar-refractivity contribution is -0.139. The molecule has 3 aliphatic rings. The van der Waals surface area contributed by atoms with Crippen LogP contribution in [-0.4, -0.2) is 60.5 Å². The van der Waals surface area contributed by atoms with E-state index in [2.05, 4.69) is 39.4 Å². The quantitative estimate of drug-likeness (QED) is 0.553. The lowest BCUT2D eigenvalue weighted by Crippen LogP contribution is -2.47. The van der Waals surface area contributed by atoms with Crippen LogP contribution in [0.5, 0.6) is 0 Å². The molecule has 3 heterocycles. The van der Waals surface area contributed by atoms with Crippen molar-refractivity contribution in [2.24, 2.45) is 5.92 Å². The van der Waals surface area contributed by atoms with Crippen LogP contribution in [0.2, 0.25) is 0 Å². The predicted molar refractivity (Wildman–Crippen MR) is 132 cm³/mol. The number of ketones is 1. The number of Topliss-reactive ketones (excluding diaryl/α,β-unsaturated/α-hetero) is 1. The molecule has 0 spiro atoms. The molecular weight excluding hydrogens is 453 g/mol. The van der Waals surface area contributed by atoms with Crippen molar-refractivity contribution in [3.63, 3.8) is 0 Å². The number of aliphatic carboxylic acids is 1. The number of rotatable bonds is 5. The van der Waals surface area contributed by atoms with Crippen molar-refractivity contribution < 1.29 is 19.1 Å². The molecule has 34 heavy (non-hydrogen) atoms. The second kappa shape index (κ2) is 8.36. The first-order valence-electron chi connectivity index (χ1n) is 11.8. The molecule has 3 aromatic rings. The van der Waals surface area contributed by atoms with E-state index in [1.165, 1.54) is 21.7 Å². The Bertz CT molecular complexity index is 1280. The number of nitrogens with zero attached hydrogens (tertiary/aromatic N) is 3. The van der Waals surface area contributed by atoms with Crippen LogP contribution in [0.25, 0.3) is 10.1 Å². The Labute approximate surface area is 201 Å². The zero-order chi connectivity index (χ0) is 23.4. The first kappa shape index (κ1) is 21.6. The average Bonchev–Trinajstić information content (AvgIpc) is 3.55. The van der Waals surface area contributed by atoms with Gasteiger partial charge >= 0.3 is 5.97 Å². The van der Waals surface area contributed by atoms with Gasteiger partial charge in [-0.3, -0.25) is 14.5 Å². The summed E-state index contributed by atoms with van der Waals surface area (Å²) in [6, 6.07) is 11.9. The molecule has 1 saturated heterocycles. The molecule has 0 bridgehead atoms. The first-order valence-corrected chi connectivity index (χ1v) is 12.7. The Hall–Kier alpha value is -2.97. The normalized spacial score (nSPS) is 21.2. The molecule has 0 radical (unpaired) electrons. The number of thiophene rings is 1. The van der Waals surface area contributed by atoms with E-state index in [0.717, 1.165) is 32.5 Å². The van der Waals surface area contributed by atoms with Gasteiger partial charge in [-0.2, -0.15) is 0 Å². The van der Waals surface area contributed by atoms with Crippen molar-refractivity contribution in [3.05, 3.63) is 58.7 Å². The second-order valence-electron chi connectivity index (χ2n) is 9.48. The number of halogens is 1. The molecule has 6 rings (SSSR count). The number of fused-ring (bicyclic) bond motifs is 2. The van der Waals surface area contributed by atoms with Gasteiger partial charge in [0.05, 0.1) is 11.4 Å². The molecule has 2 fully saturated rings. The van der Waals surface area contributed by atoms with E-state index in [-0.39, 0.29) is 18.2 Å². The highest BCUT2D eigenvalue weighted by atomic mass is 32.1. The number of carbonyl (C=O) groups is 2. The fourth-order valence-electron chi connectivity index (χ4n) is 5.28. The van der Waals surface area contributed by atoms with Gasteiger partial charge in [0.1, 0.15) is 11.7 Å². The smallest absolute Gasteiger partial charge is 0.316 e. The molecule has 0 amide bonds. The van der Waals surface area contributed by atoms with Gasteiger partial charge in [-0.25, -0.2) is 4.39 Å². The zero-order valence-corrected chi connectivity index (χ0v) is 19.6. The number of carboxylic acids is 1. The van der Waals surface area contributed by atoms with E-state index in [1.54, 1.807) is 17.4 Å². The third kappa shape index (κ3) is 3.75. The summed E-state index contributed by atoms with van der Waals surface area (Å²) in [4.78, 5) is 30.9. The van der Waals surface area contributed by atoms with Gasteiger partial charge < -0.3 is 14.9 Å². The molecule has 6 nitrogen and oxygen atoms in total. The SMILES string of the molecule is O=C(O)C1CN(C2CC2)c2cc(N3CCN(Cc4cccc5ccsc45)CC3)c(F)cc2C1=O. The summed E-state index contributed by atoms with van der Waals surface area (Å²) in [6.07, 6.45) is 1.95. The number of carbonyl (C=O) groups excluding carboxylic acids is 1. The molecule has 2 aromatic carbocycles. The highest BCUT2D eigenvalue weighted by Gasteiger charge is 2.42. The molecule has 1 aliphatic carbocycles. The van der Waals surface area contributed by atoms with Crippen molar-refractivity contribution in [1.29, 1.82) is 0 Å². The Morgan fingerprint density at radius 3 is 2.62 bits per heavy atom. The number of anilines is 2. The van der Waals surface area contributed by atoms with Gasteiger partial charge in [0.15, 0.2) is 5.78 Å². The number of piperazine rings is 1. The summed E-state index contributed by atoms with van der Waals surface area (Å²) in [6.45, 7) is 4.09. The van der Waals surface area contributed by atoms with Gasteiger partial charge in [0.25, 0.3) is 0 Å². The van der Waals surface area contributed by atoms with Crippen molar-refractivity contribution in [1.82, 2.24) is 4.90 Å². The number of benzene rings is 2. The first-order chi connectivity index (χ1) is 16.5. The van der Waals surface area contributed by atoms with Gasteiger partial charge in [-0.15, -0.1) is 11.3 Å². The molecular formula is C26H26FN3O3S. The van der Waals surface area contributed by atoms with Crippen LogP contribution in [0.4, 0.5) is 15.8 Å². The Morgan fingerprint density at radius 1 is 1.09 bits per heavy atom. The van der Waals surface area contributed by atoms with E-state index in [0.29, 0.717) is 24.5 Å². The Kier molecular flexibility index (Phi) is 5.30. The van der Waals surface area contributed by atoms with Crippen LogP contribution in [0, 0.1) is 11.7 Å². The average molecular weight is 480 g/mol. The highest BCUT2D eigenvalue weighted by Crippen LogP contribution is 2.41. The minimum Gasteiger partial charge on any atom is -0.481 e. The van der Waals surface area contributed by atoms with Crippen LogP contribution in [0.15, 0.2) is 41.8 Å². The zero-order valence-electron chi connectivity index (χ0n) is 18.7. The summed E-state index contributed by atoms with van der Waals surface area (Å²) in [5.41, 5.74) is 2.72. The topological polar surface area (TPSA) is 64.1 Å². The summed E-state index contributed by atoms with van der Waals surface area (Å²) < 4.78 is 16.5. The van der Waals surface area contributed by atoms with E-state index in [1.807, 2.05) is 4.90 Å². The van der Waals surface area contributed by atoms with Crippen molar-refractivity contribution >= 4 is 44.6 Å². The number of hydrogen-bond acceptors (Lipinski definition) is 6. The van der Waals surface area contributed by atoms with Crippen LogP contribution in [0.1, 0.15) is 28.8 Å². The van der Waals surface area contributed by atoms with Gasteiger partial charge in [0, 0.05) is 55.6 Å². The lowest BCUT2D eigenvalue weighted by atomic mass is 9.90. The third-order valence-electron chi connectivity index (χ3n) is 7.29. The molecule has 176 valence electrons.